The summed E-state index contributed by atoms with van der Waals surface area (Å²) in [5.41, 5.74) is 2.12. The van der Waals surface area contributed by atoms with Crippen LogP contribution < -0.4 is 0 Å². The first kappa shape index (κ1) is 11.5. The minimum Gasteiger partial charge on any atom is -0.392 e. The smallest absolute Gasteiger partial charge is 0.0671 e. The first-order chi connectivity index (χ1) is 8.70. The zero-order valence-electron chi connectivity index (χ0n) is 11.4. The fourth-order valence-electron chi connectivity index (χ4n) is 5.75. The highest BCUT2D eigenvalue weighted by atomic mass is 16.3. The molecular weight excluding hydrogens is 222 g/mol. The van der Waals surface area contributed by atoms with E-state index in [9.17, 15) is 5.11 Å². The van der Waals surface area contributed by atoms with Crippen LogP contribution in [0.2, 0.25) is 0 Å². The largest absolute Gasteiger partial charge is 0.392 e. The van der Waals surface area contributed by atoms with Crippen LogP contribution in [0.1, 0.15) is 45.4 Å². The summed E-state index contributed by atoms with van der Waals surface area (Å²) in [5, 5.41) is 10.2. The molecule has 0 amide bonds. The fraction of sp³-hybridized carbons (Fsp3) is 0.875. The van der Waals surface area contributed by atoms with Crippen LogP contribution in [0.4, 0.5) is 0 Å². The summed E-state index contributed by atoms with van der Waals surface area (Å²) in [4.78, 5) is 2.67. The Bertz CT molecular complexity index is 391. The van der Waals surface area contributed by atoms with Gasteiger partial charge in [0.15, 0.2) is 0 Å². The van der Waals surface area contributed by atoms with Gasteiger partial charge in [-0.2, -0.15) is 0 Å². The third kappa shape index (κ3) is 1.36. The van der Waals surface area contributed by atoms with Gasteiger partial charge in [-0.3, -0.25) is 4.90 Å². The van der Waals surface area contributed by atoms with Gasteiger partial charge in [-0.05, 0) is 62.8 Å². The van der Waals surface area contributed by atoms with E-state index in [4.69, 9.17) is 0 Å². The second-order valence-electron chi connectivity index (χ2n) is 7.24. The summed E-state index contributed by atoms with van der Waals surface area (Å²) in [7, 11) is 0. The number of rotatable bonds is 0. The van der Waals surface area contributed by atoms with E-state index in [1.807, 2.05) is 0 Å². The van der Waals surface area contributed by atoms with Crippen molar-refractivity contribution in [2.45, 2.75) is 57.1 Å². The molecule has 4 rings (SSSR count). The lowest BCUT2D eigenvalue weighted by molar-refractivity contribution is -0.112. The monoisotopic (exact) mass is 247 g/mol. The van der Waals surface area contributed by atoms with Crippen molar-refractivity contribution in [2.75, 3.05) is 13.1 Å². The van der Waals surface area contributed by atoms with E-state index in [2.05, 4.69) is 17.9 Å². The number of hydrogen-bond donors (Lipinski definition) is 1. The molecule has 5 unspecified atom stereocenters. The Hall–Kier alpha value is -0.340. The molecule has 4 aliphatic rings. The molecule has 2 heterocycles. The maximum Gasteiger partial charge on any atom is 0.0671 e. The summed E-state index contributed by atoms with van der Waals surface area (Å²) in [6.45, 7) is 4.58. The summed E-state index contributed by atoms with van der Waals surface area (Å²) in [5.74, 6) is 2.46. The quantitative estimate of drug-likeness (QED) is 0.665. The van der Waals surface area contributed by atoms with Crippen molar-refractivity contribution in [2.24, 2.45) is 17.8 Å². The topological polar surface area (TPSA) is 23.5 Å². The van der Waals surface area contributed by atoms with Gasteiger partial charge < -0.3 is 5.11 Å². The van der Waals surface area contributed by atoms with Crippen molar-refractivity contribution >= 4 is 0 Å². The average Bonchev–Trinajstić information content (AvgIpc) is 2.31. The fourth-order valence-corrected chi connectivity index (χ4v) is 5.75. The van der Waals surface area contributed by atoms with Crippen LogP contribution in [0, 0.1) is 17.8 Å². The molecule has 2 heteroatoms. The Labute approximate surface area is 110 Å². The summed E-state index contributed by atoms with van der Waals surface area (Å²) < 4.78 is 0. The Morgan fingerprint density at radius 3 is 3.17 bits per heavy atom. The van der Waals surface area contributed by atoms with Gasteiger partial charge in [-0.1, -0.05) is 18.6 Å². The van der Waals surface area contributed by atoms with E-state index < -0.39 is 0 Å². The van der Waals surface area contributed by atoms with E-state index in [1.165, 1.54) is 38.6 Å². The normalized spacial score (nSPS) is 51.6. The number of nitrogens with zero attached hydrogens (tertiary/aromatic N) is 1. The molecule has 1 spiro atoms. The Balaban J connectivity index is 1.83. The van der Waals surface area contributed by atoms with Gasteiger partial charge in [0, 0.05) is 12.1 Å². The summed E-state index contributed by atoms with van der Waals surface area (Å²) >= 11 is 0. The third-order valence-electron chi connectivity index (χ3n) is 6.17. The maximum absolute atomic E-state index is 10.2. The Kier molecular flexibility index (Phi) is 2.44. The zero-order chi connectivity index (χ0) is 12.3. The van der Waals surface area contributed by atoms with Crippen LogP contribution in [0.15, 0.2) is 11.6 Å². The highest BCUT2D eigenvalue weighted by Gasteiger charge is 2.58. The van der Waals surface area contributed by atoms with Crippen LogP contribution in [0.3, 0.4) is 0 Å². The van der Waals surface area contributed by atoms with Crippen LogP contribution in [0.25, 0.3) is 0 Å². The minimum atomic E-state index is -0.0727. The van der Waals surface area contributed by atoms with E-state index in [0.29, 0.717) is 5.54 Å². The van der Waals surface area contributed by atoms with Crippen LogP contribution in [-0.2, 0) is 0 Å². The highest BCUT2D eigenvalue weighted by Crippen LogP contribution is 2.58. The standard InChI is InChI=1S/C16H25NO/c1-11-7-12-4-5-13-3-2-6-17-10-14(18)8-15(12)16(13,17)9-11/h5,11-12,14-15,18H,2-4,6-10H2,1H3. The number of β-amino-alcohol motifs (C(OH)–C–C–N with tert-alkyl or cyclic N) is 1. The van der Waals surface area contributed by atoms with Crippen molar-refractivity contribution in [1.29, 1.82) is 0 Å². The van der Waals surface area contributed by atoms with Gasteiger partial charge >= 0.3 is 0 Å². The second kappa shape index (κ2) is 3.83. The molecule has 2 nitrogen and oxygen atoms in total. The molecule has 2 bridgehead atoms. The zero-order valence-corrected chi connectivity index (χ0v) is 11.4. The molecule has 2 saturated heterocycles. The van der Waals surface area contributed by atoms with Gasteiger partial charge in [0.2, 0.25) is 0 Å². The first-order valence-corrected chi connectivity index (χ1v) is 7.83. The van der Waals surface area contributed by atoms with Crippen molar-refractivity contribution < 1.29 is 5.11 Å². The molecule has 0 aromatic rings. The van der Waals surface area contributed by atoms with Crippen LogP contribution in [0.5, 0.6) is 0 Å². The van der Waals surface area contributed by atoms with Crippen molar-refractivity contribution in [3.63, 3.8) is 0 Å². The molecule has 0 radical (unpaired) electrons. The van der Waals surface area contributed by atoms with Crippen LogP contribution in [-0.4, -0.2) is 34.7 Å². The predicted octanol–water partition coefficient (Wildman–Crippen LogP) is 2.58. The Morgan fingerprint density at radius 2 is 2.28 bits per heavy atom. The first-order valence-electron chi connectivity index (χ1n) is 7.83. The summed E-state index contributed by atoms with van der Waals surface area (Å²) in [6, 6.07) is 0. The number of piperidine rings is 2. The molecule has 0 aromatic heterocycles. The van der Waals surface area contributed by atoms with Crippen molar-refractivity contribution in [3.05, 3.63) is 11.6 Å². The minimum absolute atomic E-state index is 0.0727. The van der Waals surface area contributed by atoms with Gasteiger partial charge in [-0.15, -0.1) is 0 Å². The number of aliphatic hydroxyl groups excluding tert-OH is 1. The highest BCUT2D eigenvalue weighted by molar-refractivity contribution is 5.32. The van der Waals surface area contributed by atoms with E-state index in [-0.39, 0.29) is 6.10 Å². The van der Waals surface area contributed by atoms with Gasteiger partial charge in [0.25, 0.3) is 0 Å². The van der Waals surface area contributed by atoms with Crippen molar-refractivity contribution in [1.82, 2.24) is 4.90 Å². The third-order valence-corrected chi connectivity index (χ3v) is 6.17. The predicted molar refractivity (Wildman–Crippen MR) is 72.2 cm³/mol. The number of allylic oxidation sites excluding steroid dienone is 1. The maximum atomic E-state index is 10.2. The van der Waals surface area contributed by atoms with Gasteiger partial charge in [0.05, 0.1) is 6.10 Å². The molecule has 2 aliphatic heterocycles. The Morgan fingerprint density at radius 1 is 1.39 bits per heavy atom. The SMILES string of the molecule is CC1CC2CC=C3CCCN4CC(O)CC2C34C1. The van der Waals surface area contributed by atoms with Crippen molar-refractivity contribution in [3.8, 4) is 0 Å². The molecule has 2 aliphatic carbocycles. The second-order valence-corrected chi connectivity index (χ2v) is 7.24. The number of hydrogen-bond acceptors (Lipinski definition) is 2. The molecular formula is C16H25NO. The summed E-state index contributed by atoms with van der Waals surface area (Å²) in [6.07, 6.45) is 10.2. The molecule has 5 atom stereocenters. The average molecular weight is 247 g/mol. The molecule has 1 saturated carbocycles. The van der Waals surface area contributed by atoms with E-state index in [0.717, 1.165) is 30.7 Å². The molecule has 1 N–H and O–H groups in total. The lowest BCUT2D eigenvalue weighted by atomic mass is 9.52. The van der Waals surface area contributed by atoms with E-state index in [1.54, 1.807) is 5.57 Å². The molecule has 100 valence electrons. The molecule has 18 heavy (non-hydrogen) atoms. The molecule has 3 fully saturated rings. The van der Waals surface area contributed by atoms with Gasteiger partial charge in [-0.25, -0.2) is 0 Å². The lowest BCUT2D eigenvalue weighted by Crippen LogP contribution is -2.68. The molecule has 0 aromatic carbocycles. The lowest BCUT2D eigenvalue weighted by Gasteiger charge is -2.64. The van der Waals surface area contributed by atoms with E-state index >= 15 is 0 Å². The van der Waals surface area contributed by atoms with Crippen LogP contribution >= 0.6 is 0 Å². The number of aliphatic hydroxyl groups is 1. The van der Waals surface area contributed by atoms with Gasteiger partial charge in [0.1, 0.15) is 0 Å².